The van der Waals surface area contributed by atoms with Gasteiger partial charge < -0.3 is 16.2 Å². The molecule has 1 aromatic heterocycles. The van der Waals surface area contributed by atoms with E-state index in [1.54, 1.807) is 6.92 Å². The molecule has 0 spiro atoms. The van der Waals surface area contributed by atoms with E-state index in [1.807, 2.05) is 0 Å². The lowest BCUT2D eigenvalue weighted by molar-refractivity contribution is -0.138. The second kappa shape index (κ2) is 6.75. The molecule has 0 unspecified atom stereocenters. The van der Waals surface area contributed by atoms with Gasteiger partial charge in [0.25, 0.3) is 5.56 Å². The van der Waals surface area contributed by atoms with Gasteiger partial charge in [0.2, 0.25) is 5.95 Å². The molecule has 0 fully saturated rings. The zero-order chi connectivity index (χ0) is 13.5. The van der Waals surface area contributed by atoms with E-state index in [0.717, 1.165) is 6.42 Å². The summed E-state index contributed by atoms with van der Waals surface area (Å²) >= 11 is 0. The molecule has 5 N–H and O–H groups in total. The minimum atomic E-state index is -0.979. The molecule has 0 aliphatic carbocycles. The number of hydrogen-bond acceptors (Lipinski definition) is 5. The third kappa shape index (κ3) is 4.96. The van der Waals surface area contributed by atoms with E-state index in [-0.39, 0.29) is 5.56 Å². The van der Waals surface area contributed by atoms with Crippen molar-refractivity contribution in [2.45, 2.75) is 32.2 Å². The molecule has 7 heteroatoms. The summed E-state index contributed by atoms with van der Waals surface area (Å²) in [4.78, 5) is 28.3. The molecule has 0 saturated heterocycles. The van der Waals surface area contributed by atoms with Crippen LogP contribution in [0.4, 0.5) is 5.95 Å². The summed E-state index contributed by atoms with van der Waals surface area (Å²) in [7, 11) is 0. The fraction of sp³-hybridized carbons (Fsp3) is 0.545. The molecule has 18 heavy (non-hydrogen) atoms. The molecule has 1 aromatic rings. The zero-order valence-electron chi connectivity index (χ0n) is 10.3. The predicted octanol–water partition coefficient (Wildman–Crippen LogP) is 0.0724. The third-order valence-electron chi connectivity index (χ3n) is 2.42. The van der Waals surface area contributed by atoms with E-state index in [2.05, 4.69) is 15.3 Å². The summed E-state index contributed by atoms with van der Waals surface area (Å²) < 4.78 is 0. The van der Waals surface area contributed by atoms with Crippen LogP contribution in [0.3, 0.4) is 0 Å². The van der Waals surface area contributed by atoms with Crippen LogP contribution in [-0.2, 0) is 4.79 Å². The number of aromatic amines is 1. The number of nitrogens with two attached hydrogens (primary N) is 1. The van der Waals surface area contributed by atoms with Gasteiger partial charge in [-0.15, -0.1) is 0 Å². The number of H-pyrrole nitrogens is 1. The molecule has 100 valence electrons. The molecular formula is C11H18N4O3. The van der Waals surface area contributed by atoms with Gasteiger partial charge in [0.1, 0.15) is 6.04 Å². The Morgan fingerprint density at radius 1 is 1.61 bits per heavy atom. The lowest BCUT2D eigenvalue weighted by Crippen LogP contribution is -2.29. The summed E-state index contributed by atoms with van der Waals surface area (Å²) in [5, 5.41) is 11.6. The maximum atomic E-state index is 11.1. The predicted molar refractivity (Wildman–Crippen MR) is 67.5 cm³/mol. The number of aromatic nitrogens is 2. The number of rotatable bonds is 7. The molecule has 0 saturated carbocycles. The van der Waals surface area contributed by atoms with Gasteiger partial charge in [-0.2, -0.15) is 0 Å². The van der Waals surface area contributed by atoms with Gasteiger partial charge in [0.05, 0.1) is 0 Å². The Labute approximate surface area is 104 Å². The Bertz CT molecular complexity index is 458. The molecule has 0 radical (unpaired) electrons. The number of carboxylic acid groups (broad SMARTS) is 1. The molecule has 7 nitrogen and oxygen atoms in total. The van der Waals surface area contributed by atoms with Crippen LogP contribution in [0, 0.1) is 6.92 Å². The first-order valence-electron chi connectivity index (χ1n) is 5.79. The quantitative estimate of drug-likeness (QED) is 0.511. The highest BCUT2D eigenvalue weighted by Crippen LogP contribution is 2.01. The summed E-state index contributed by atoms with van der Waals surface area (Å²) in [5.74, 6) is -0.546. The number of hydrogen-bond donors (Lipinski definition) is 4. The SMILES string of the molecule is Cc1cc(=O)[nH]c(NCCCC[C@H](N)C(=O)O)n1. The van der Waals surface area contributed by atoms with Crippen molar-refractivity contribution in [3.63, 3.8) is 0 Å². The number of aryl methyl sites for hydroxylation is 1. The van der Waals surface area contributed by atoms with Crippen LogP contribution in [-0.4, -0.2) is 33.6 Å². The van der Waals surface area contributed by atoms with E-state index < -0.39 is 12.0 Å². The standard InChI is InChI=1S/C11H18N4O3/c1-7-6-9(16)15-11(14-7)13-5-3-2-4-8(12)10(17)18/h6,8H,2-5,12H2,1H3,(H,17,18)(H2,13,14,15,16)/t8-/m0/s1. The van der Waals surface area contributed by atoms with Crippen molar-refractivity contribution in [3.8, 4) is 0 Å². The Morgan fingerprint density at radius 3 is 2.94 bits per heavy atom. The lowest BCUT2D eigenvalue weighted by Gasteiger charge is -2.07. The molecule has 1 atom stereocenters. The lowest BCUT2D eigenvalue weighted by atomic mass is 10.1. The van der Waals surface area contributed by atoms with Gasteiger partial charge >= 0.3 is 5.97 Å². The van der Waals surface area contributed by atoms with Crippen LogP contribution < -0.4 is 16.6 Å². The Hall–Kier alpha value is -1.89. The van der Waals surface area contributed by atoms with E-state index in [9.17, 15) is 9.59 Å². The van der Waals surface area contributed by atoms with Crippen molar-refractivity contribution >= 4 is 11.9 Å². The number of nitrogens with zero attached hydrogens (tertiary/aromatic N) is 1. The second-order valence-corrected chi connectivity index (χ2v) is 4.10. The van der Waals surface area contributed by atoms with Gasteiger partial charge in [-0.05, 0) is 26.2 Å². The average molecular weight is 254 g/mol. The number of unbranched alkanes of at least 4 members (excludes halogenated alkanes) is 1. The molecule has 0 aromatic carbocycles. The molecule has 0 amide bonds. The smallest absolute Gasteiger partial charge is 0.320 e. The van der Waals surface area contributed by atoms with Crippen molar-refractivity contribution < 1.29 is 9.90 Å². The van der Waals surface area contributed by atoms with Crippen LogP contribution >= 0.6 is 0 Å². The minimum Gasteiger partial charge on any atom is -0.480 e. The molecule has 0 bridgehead atoms. The highest BCUT2D eigenvalue weighted by Gasteiger charge is 2.09. The number of anilines is 1. The van der Waals surface area contributed by atoms with E-state index in [0.29, 0.717) is 31.0 Å². The van der Waals surface area contributed by atoms with Gasteiger partial charge in [0.15, 0.2) is 0 Å². The van der Waals surface area contributed by atoms with Crippen molar-refractivity contribution in [2.24, 2.45) is 5.73 Å². The topological polar surface area (TPSA) is 121 Å². The highest BCUT2D eigenvalue weighted by atomic mass is 16.4. The van der Waals surface area contributed by atoms with Gasteiger partial charge in [-0.1, -0.05) is 0 Å². The van der Waals surface area contributed by atoms with Crippen LogP contribution in [0.25, 0.3) is 0 Å². The van der Waals surface area contributed by atoms with Crippen molar-refractivity contribution in [3.05, 3.63) is 22.1 Å². The Kier molecular flexibility index (Phi) is 5.31. The maximum Gasteiger partial charge on any atom is 0.320 e. The maximum absolute atomic E-state index is 11.1. The number of nitrogens with one attached hydrogen (secondary N) is 2. The van der Waals surface area contributed by atoms with Crippen LogP contribution in [0.2, 0.25) is 0 Å². The van der Waals surface area contributed by atoms with Gasteiger partial charge in [-0.3, -0.25) is 14.6 Å². The number of carbonyl (C=O) groups is 1. The minimum absolute atomic E-state index is 0.196. The summed E-state index contributed by atoms with van der Waals surface area (Å²) in [6.07, 6.45) is 1.91. The average Bonchev–Trinajstić information content (AvgIpc) is 2.26. The van der Waals surface area contributed by atoms with Crippen LogP contribution in [0.5, 0.6) is 0 Å². The Morgan fingerprint density at radius 2 is 2.33 bits per heavy atom. The van der Waals surface area contributed by atoms with Crippen LogP contribution in [0.15, 0.2) is 10.9 Å². The summed E-state index contributed by atoms with van der Waals surface area (Å²) in [6, 6.07) is 0.610. The molecule has 0 aliphatic rings. The Balaban J connectivity index is 2.26. The van der Waals surface area contributed by atoms with Gasteiger partial charge in [-0.25, -0.2) is 4.98 Å². The van der Waals surface area contributed by atoms with Crippen molar-refractivity contribution in [1.82, 2.24) is 9.97 Å². The zero-order valence-corrected chi connectivity index (χ0v) is 10.3. The molecule has 1 heterocycles. The normalized spacial score (nSPS) is 12.1. The fourth-order valence-electron chi connectivity index (χ4n) is 1.48. The molecule has 0 aliphatic heterocycles. The van der Waals surface area contributed by atoms with E-state index in [1.165, 1.54) is 6.07 Å². The van der Waals surface area contributed by atoms with Crippen molar-refractivity contribution in [2.75, 3.05) is 11.9 Å². The van der Waals surface area contributed by atoms with Crippen molar-refractivity contribution in [1.29, 1.82) is 0 Å². The monoisotopic (exact) mass is 254 g/mol. The first kappa shape index (κ1) is 14.2. The summed E-state index contributed by atoms with van der Waals surface area (Å²) in [6.45, 7) is 2.35. The van der Waals surface area contributed by atoms with Crippen LogP contribution in [0.1, 0.15) is 25.0 Å². The van der Waals surface area contributed by atoms with E-state index >= 15 is 0 Å². The second-order valence-electron chi connectivity index (χ2n) is 4.10. The number of carboxylic acids is 1. The summed E-state index contributed by atoms with van der Waals surface area (Å²) in [5.41, 5.74) is 5.82. The first-order valence-corrected chi connectivity index (χ1v) is 5.79. The first-order chi connectivity index (χ1) is 8.49. The largest absolute Gasteiger partial charge is 0.480 e. The third-order valence-corrected chi connectivity index (χ3v) is 2.42. The molecular weight excluding hydrogens is 236 g/mol. The van der Waals surface area contributed by atoms with E-state index in [4.69, 9.17) is 10.8 Å². The number of aliphatic carboxylic acids is 1. The fourth-order valence-corrected chi connectivity index (χ4v) is 1.48. The molecule has 1 rings (SSSR count). The van der Waals surface area contributed by atoms with Gasteiger partial charge in [0, 0.05) is 18.3 Å². The highest BCUT2D eigenvalue weighted by molar-refractivity contribution is 5.72.